The first kappa shape index (κ1) is 35.0. The summed E-state index contributed by atoms with van der Waals surface area (Å²) in [6.07, 6.45) is 8.74. The Morgan fingerprint density at radius 1 is 0.919 bits per heavy atom. The van der Waals surface area contributed by atoms with Crippen LogP contribution in [0.3, 0.4) is 0 Å². The van der Waals surface area contributed by atoms with Gasteiger partial charge in [-0.15, -0.1) is 12.8 Å². The SMILES string of the molecule is C#CCBr.C#CCOC[C@@H]1CN(C(=O)OC(C)(C)C)CCO1.CC(C)(C)OC(=O)N1CCO[C@H](CO)C1. The Morgan fingerprint density at radius 2 is 1.35 bits per heavy atom. The van der Waals surface area contributed by atoms with Crippen LogP contribution in [0.4, 0.5) is 9.59 Å². The molecule has 0 saturated carbocycles. The smallest absolute Gasteiger partial charge is 0.410 e. The second-order valence-corrected chi connectivity index (χ2v) is 10.6. The highest BCUT2D eigenvalue weighted by Gasteiger charge is 2.29. The van der Waals surface area contributed by atoms with E-state index >= 15 is 0 Å². The number of aliphatic hydroxyl groups is 1. The number of halogens is 1. The van der Waals surface area contributed by atoms with Crippen molar-refractivity contribution in [2.75, 3.05) is 64.5 Å². The van der Waals surface area contributed by atoms with E-state index in [1.807, 2.05) is 41.5 Å². The highest BCUT2D eigenvalue weighted by atomic mass is 79.9. The highest BCUT2D eigenvalue weighted by Crippen LogP contribution is 2.14. The van der Waals surface area contributed by atoms with E-state index in [4.69, 9.17) is 41.6 Å². The Labute approximate surface area is 230 Å². The fraction of sp³-hybridized carbons (Fsp3) is 0.769. The average Bonchev–Trinajstić information content (AvgIpc) is 2.83. The summed E-state index contributed by atoms with van der Waals surface area (Å²) in [5, 5.41) is 9.58. The maximum atomic E-state index is 11.9. The fourth-order valence-corrected chi connectivity index (χ4v) is 2.88. The number of alkyl halides is 1. The maximum Gasteiger partial charge on any atom is 0.410 e. The molecule has 2 fully saturated rings. The lowest BCUT2D eigenvalue weighted by molar-refractivity contribution is -0.0689. The van der Waals surface area contributed by atoms with E-state index < -0.39 is 11.2 Å². The van der Waals surface area contributed by atoms with Gasteiger partial charge in [-0.2, -0.15) is 0 Å². The predicted molar refractivity (Wildman–Crippen MR) is 144 cm³/mol. The molecule has 0 radical (unpaired) electrons. The van der Waals surface area contributed by atoms with Crippen LogP contribution in [-0.4, -0.2) is 115 Å². The van der Waals surface area contributed by atoms with E-state index in [0.717, 1.165) is 0 Å². The summed E-state index contributed by atoms with van der Waals surface area (Å²) in [5.74, 6) is 4.74. The van der Waals surface area contributed by atoms with Crippen molar-refractivity contribution in [2.45, 2.75) is 65.0 Å². The third-order valence-electron chi connectivity index (χ3n) is 4.35. The van der Waals surface area contributed by atoms with Crippen LogP contribution < -0.4 is 0 Å². The molecule has 0 spiro atoms. The van der Waals surface area contributed by atoms with Crippen molar-refractivity contribution in [3.63, 3.8) is 0 Å². The van der Waals surface area contributed by atoms with E-state index in [1.54, 1.807) is 9.80 Å². The molecule has 2 heterocycles. The molecule has 2 saturated heterocycles. The number of aliphatic hydroxyl groups excluding tert-OH is 1. The van der Waals surface area contributed by atoms with Crippen molar-refractivity contribution in [1.29, 1.82) is 0 Å². The van der Waals surface area contributed by atoms with Gasteiger partial charge in [-0.25, -0.2) is 9.59 Å². The van der Waals surface area contributed by atoms with Crippen LogP contribution in [0.2, 0.25) is 0 Å². The molecule has 0 bridgehead atoms. The van der Waals surface area contributed by atoms with Gasteiger partial charge in [0.15, 0.2) is 0 Å². The average molecular weight is 592 g/mol. The molecule has 2 atom stereocenters. The van der Waals surface area contributed by atoms with E-state index in [1.165, 1.54) is 0 Å². The molecule has 2 rings (SSSR count). The standard InChI is InChI=1S/C13H21NO4.C10H19NO4.C3H3Br/c1-5-7-16-10-11-9-14(6-8-17-11)12(15)18-13(2,3)4;1-10(2,3)15-9(13)11-4-5-14-8(6-11)7-12;1-2-3-4/h1,11H,6-10H2,2-4H3;8,12H,4-7H2,1-3H3;1H,3H2/t11-;8-;/m00./s1. The Kier molecular flexibility index (Phi) is 17.3. The van der Waals surface area contributed by atoms with Gasteiger partial charge in [-0.05, 0) is 41.5 Å². The van der Waals surface area contributed by atoms with Gasteiger partial charge in [0.05, 0.1) is 57.1 Å². The molecule has 0 aromatic rings. The first-order valence-corrected chi connectivity index (χ1v) is 13.2. The number of hydrogen-bond donors (Lipinski definition) is 1. The second kappa shape index (κ2) is 18.3. The van der Waals surface area contributed by atoms with Crippen molar-refractivity contribution in [3.05, 3.63) is 0 Å². The topological polar surface area (TPSA) is 107 Å². The largest absolute Gasteiger partial charge is 0.444 e. The number of rotatable bonds is 4. The van der Waals surface area contributed by atoms with Crippen LogP contribution in [0.15, 0.2) is 0 Å². The summed E-state index contributed by atoms with van der Waals surface area (Å²) in [6, 6.07) is 0. The molecule has 212 valence electrons. The van der Waals surface area contributed by atoms with Crippen LogP contribution in [0.25, 0.3) is 0 Å². The Balaban J connectivity index is 0.000000619. The summed E-state index contributed by atoms with van der Waals surface area (Å²) in [5.41, 5.74) is -0.963. The van der Waals surface area contributed by atoms with Crippen molar-refractivity contribution in [2.24, 2.45) is 0 Å². The van der Waals surface area contributed by atoms with Crippen molar-refractivity contribution in [1.82, 2.24) is 9.80 Å². The van der Waals surface area contributed by atoms with E-state index in [9.17, 15) is 9.59 Å². The molecule has 10 nitrogen and oxygen atoms in total. The molecule has 2 aliphatic heterocycles. The number of nitrogens with zero attached hydrogens (tertiary/aromatic N) is 2. The minimum absolute atomic E-state index is 0.0701. The summed E-state index contributed by atoms with van der Waals surface area (Å²) < 4.78 is 26.5. The second-order valence-electron chi connectivity index (χ2n) is 10.1. The maximum absolute atomic E-state index is 11.9. The third kappa shape index (κ3) is 18.0. The van der Waals surface area contributed by atoms with E-state index in [-0.39, 0.29) is 37.6 Å². The van der Waals surface area contributed by atoms with Gasteiger partial charge in [0, 0.05) is 13.1 Å². The zero-order valence-electron chi connectivity index (χ0n) is 23.0. The Hall–Kier alpha value is -2.02. The lowest BCUT2D eigenvalue weighted by Gasteiger charge is -2.34. The molecule has 0 aromatic heterocycles. The van der Waals surface area contributed by atoms with E-state index in [2.05, 4.69) is 27.8 Å². The van der Waals surface area contributed by atoms with Gasteiger partial charge < -0.3 is 38.6 Å². The summed E-state index contributed by atoms with van der Waals surface area (Å²) in [6.45, 7) is 14.5. The summed E-state index contributed by atoms with van der Waals surface area (Å²) in [7, 11) is 0. The first-order valence-electron chi connectivity index (χ1n) is 12.1. The number of hydrogen-bond acceptors (Lipinski definition) is 8. The molecule has 0 unspecified atom stereocenters. The number of ether oxygens (including phenoxy) is 5. The third-order valence-corrected chi connectivity index (χ3v) is 4.67. The predicted octanol–water partition coefficient (Wildman–Crippen LogP) is 2.90. The van der Waals surface area contributed by atoms with E-state index in [0.29, 0.717) is 51.3 Å². The van der Waals surface area contributed by atoms with Crippen LogP contribution in [-0.2, 0) is 23.7 Å². The summed E-state index contributed by atoms with van der Waals surface area (Å²) >= 11 is 3.01. The molecule has 2 amide bonds. The Morgan fingerprint density at radius 3 is 1.73 bits per heavy atom. The first-order chi connectivity index (χ1) is 17.3. The highest BCUT2D eigenvalue weighted by molar-refractivity contribution is 9.09. The molecule has 0 aromatic carbocycles. The minimum atomic E-state index is -0.482. The Bertz CT molecular complexity index is 752. The van der Waals surface area contributed by atoms with Crippen LogP contribution in [0, 0.1) is 24.7 Å². The number of carbonyl (C=O) groups is 2. The number of morpholine rings is 2. The minimum Gasteiger partial charge on any atom is -0.444 e. The zero-order chi connectivity index (χ0) is 28.5. The molecule has 11 heteroatoms. The van der Waals surface area contributed by atoms with Crippen LogP contribution in [0.5, 0.6) is 0 Å². The fourth-order valence-electron chi connectivity index (χ4n) is 2.88. The van der Waals surface area contributed by atoms with Crippen molar-refractivity contribution in [3.8, 4) is 24.7 Å². The lowest BCUT2D eigenvalue weighted by Crippen LogP contribution is -2.48. The van der Waals surface area contributed by atoms with Crippen molar-refractivity contribution < 1.29 is 38.4 Å². The lowest BCUT2D eigenvalue weighted by atomic mass is 10.2. The number of terminal acetylenes is 2. The zero-order valence-corrected chi connectivity index (χ0v) is 24.5. The van der Waals surface area contributed by atoms with Gasteiger partial charge in [0.2, 0.25) is 0 Å². The summed E-state index contributed by atoms with van der Waals surface area (Å²) in [4.78, 5) is 26.7. The van der Waals surface area contributed by atoms with Gasteiger partial charge >= 0.3 is 12.2 Å². The quantitative estimate of drug-likeness (QED) is 0.302. The normalized spacial score (nSPS) is 19.6. The molecule has 37 heavy (non-hydrogen) atoms. The molecule has 1 N–H and O–H groups in total. The number of carbonyl (C=O) groups excluding carboxylic acids is 2. The molecule has 2 aliphatic rings. The van der Waals surface area contributed by atoms with Gasteiger partial charge in [0.1, 0.15) is 17.8 Å². The molecule has 0 aliphatic carbocycles. The van der Waals surface area contributed by atoms with Gasteiger partial charge in [-0.3, -0.25) is 0 Å². The monoisotopic (exact) mass is 590 g/mol. The van der Waals surface area contributed by atoms with Gasteiger partial charge in [-0.1, -0.05) is 27.8 Å². The molecular weight excluding hydrogens is 548 g/mol. The van der Waals surface area contributed by atoms with Crippen molar-refractivity contribution >= 4 is 28.1 Å². The van der Waals surface area contributed by atoms with Gasteiger partial charge in [0.25, 0.3) is 0 Å². The van der Waals surface area contributed by atoms with Crippen LogP contribution in [0.1, 0.15) is 41.5 Å². The van der Waals surface area contributed by atoms with Crippen LogP contribution >= 0.6 is 15.9 Å². The number of amides is 2. The molecular formula is C26H43BrN2O8.